The number of carbonyl (C=O) groups excluding carboxylic acids is 1. The molecule has 0 saturated heterocycles. The lowest BCUT2D eigenvalue weighted by molar-refractivity contribution is 0.0636. The number of anilines is 2. The smallest absolute Gasteiger partial charge is 0.412 e. The highest BCUT2D eigenvalue weighted by atomic mass is 28.4. The van der Waals surface area contributed by atoms with Crippen molar-refractivity contribution in [1.82, 2.24) is 4.98 Å². The van der Waals surface area contributed by atoms with Gasteiger partial charge in [0, 0.05) is 19.1 Å². The number of carbonyl (C=O) groups is 1. The van der Waals surface area contributed by atoms with E-state index in [0.717, 1.165) is 31.0 Å². The lowest BCUT2D eigenvalue weighted by Gasteiger charge is -2.38. The molecule has 0 radical (unpaired) electrons. The first-order chi connectivity index (χ1) is 12.3. The Morgan fingerprint density at radius 2 is 1.96 bits per heavy atom. The molecule has 0 aliphatic carbocycles. The van der Waals surface area contributed by atoms with Gasteiger partial charge in [-0.1, -0.05) is 20.8 Å². The molecule has 6 nitrogen and oxygen atoms in total. The number of nitrogens with zero attached hydrogens (tertiary/aromatic N) is 1. The summed E-state index contributed by atoms with van der Waals surface area (Å²) in [4.78, 5) is 16.4. The van der Waals surface area contributed by atoms with Crippen molar-refractivity contribution in [1.29, 1.82) is 0 Å². The van der Waals surface area contributed by atoms with Crippen LogP contribution in [0.3, 0.4) is 0 Å². The molecule has 0 aromatic carbocycles. The van der Waals surface area contributed by atoms with Crippen LogP contribution in [0.5, 0.6) is 0 Å². The van der Waals surface area contributed by atoms with E-state index >= 15 is 0 Å². The summed E-state index contributed by atoms with van der Waals surface area (Å²) in [5.74, 6) is 0.406. The van der Waals surface area contributed by atoms with Gasteiger partial charge in [-0.3, -0.25) is 10.3 Å². The second kappa shape index (κ2) is 7.79. The first kappa shape index (κ1) is 21.7. The fourth-order valence-electron chi connectivity index (χ4n) is 2.56. The van der Waals surface area contributed by atoms with Gasteiger partial charge < -0.3 is 14.5 Å². The van der Waals surface area contributed by atoms with Gasteiger partial charge in [0.05, 0.1) is 23.3 Å². The van der Waals surface area contributed by atoms with Gasteiger partial charge in [0.15, 0.2) is 8.32 Å². The summed E-state index contributed by atoms with van der Waals surface area (Å²) in [6, 6.07) is 1.91. The largest absolute Gasteiger partial charge is 0.444 e. The molecular weight excluding hydrogens is 358 g/mol. The van der Waals surface area contributed by atoms with Crippen LogP contribution in [0.4, 0.5) is 16.2 Å². The number of amides is 1. The topological polar surface area (TPSA) is 72.5 Å². The molecule has 1 amide bonds. The van der Waals surface area contributed by atoms with Crippen molar-refractivity contribution < 1.29 is 14.0 Å². The number of hydrogen-bond acceptors (Lipinski definition) is 5. The molecule has 2 heterocycles. The monoisotopic (exact) mass is 393 g/mol. The maximum absolute atomic E-state index is 11.9. The molecule has 0 spiro atoms. The third-order valence-electron chi connectivity index (χ3n) is 5.16. The molecule has 27 heavy (non-hydrogen) atoms. The minimum atomic E-state index is -1.74. The third-order valence-corrected chi connectivity index (χ3v) is 9.67. The van der Waals surface area contributed by atoms with Crippen LogP contribution in [0.1, 0.15) is 47.2 Å². The van der Waals surface area contributed by atoms with Gasteiger partial charge in [-0.2, -0.15) is 0 Å². The molecule has 7 heteroatoms. The van der Waals surface area contributed by atoms with Crippen LogP contribution < -0.4 is 10.6 Å². The van der Waals surface area contributed by atoms with Gasteiger partial charge in [-0.05, 0) is 51.4 Å². The minimum Gasteiger partial charge on any atom is -0.444 e. The first-order valence-corrected chi connectivity index (χ1v) is 12.5. The number of pyridine rings is 1. The molecular formula is C20H35N3O3Si. The van der Waals surface area contributed by atoms with Crippen LogP contribution in [-0.4, -0.2) is 38.1 Å². The van der Waals surface area contributed by atoms with Gasteiger partial charge in [-0.15, -0.1) is 0 Å². The number of rotatable bonds is 4. The molecule has 1 aromatic rings. The average molecular weight is 394 g/mol. The summed E-state index contributed by atoms with van der Waals surface area (Å²) >= 11 is 0. The Balaban J connectivity index is 1.95. The second-order valence-corrected chi connectivity index (χ2v) is 14.7. The summed E-state index contributed by atoms with van der Waals surface area (Å²) in [6.45, 7) is 18.5. The zero-order valence-electron chi connectivity index (χ0n) is 18.0. The highest BCUT2D eigenvalue weighted by Gasteiger charge is 2.37. The molecule has 152 valence electrons. The van der Waals surface area contributed by atoms with Crippen LogP contribution >= 0.6 is 0 Å². The molecule has 0 fully saturated rings. The van der Waals surface area contributed by atoms with Crippen LogP contribution in [0.15, 0.2) is 12.3 Å². The van der Waals surface area contributed by atoms with Crippen LogP contribution in [0, 0.1) is 5.92 Å². The number of ether oxygens (including phenoxy) is 1. The highest BCUT2D eigenvalue weighted by Crippen LogP contribution is 2.37. The Morgan fingerprint density at radius 3 is 2.56 bits per heavy atom. The van der Waals surface area contributed by atoms with E-state index in [1.165, 1.54) is 0 Å². The predicted octanol–water partition coefficient (Wildman–Crippen LogP) is 5.03. The molecule has 1 atom stereocenters. The maximum Gasteiger partial charge on any atom is 0.412 e. The zero-order chi connectivity index (χ0) is 20.5. The Kier molecular flexibility index (Phi) is 6.26. The van der Waals surface area contributed by atoms with Gasteiger partial charge in [-0.25, -0.2) is 4.79 Å². The van der Waals surface area contributed by atoms with Crippen molar-refractivity contribution in [2.45, 2.75) is 71.7 Å². The molecule has 1 aliphatic heterocycles. The van der Waals surface area contributed by atoms with Crippen molar-refractivity contribution in [3.63, 3.8) is 0 Å². The SMILES string of the molecule is CC(C)(C)OC(=O)Nc1cnc2c(c1)NCC(CO[Si](C)(C)C(C)(C)C)C2. The summed E-state index contributed by atoms with van der Waals surface area (Å²) < 4.78 is 11.7. The van der Waals surface area contributed by atoms with Crippen LogP contribution in [-0.2, 0) is 15.6 Å². The Labute approximate surface area is 164 Å². The molecule has 2 rings (SSSR count). The van der Waals surface area contributed by atoms with E-state index in [1.54, 1.807) is 6.20 Å². The fourth-order valence-corrected chi connectivity index (χ4v) is 3.64. The van der Waals surface area contributed by atoms with Gasteiger partial charge in [0.2, 0.25) is 0 Å². The minimum absolute atomic E-state index is 0.216. The van der Waals surface area contributed by atoms with E-state index < -0.39 is 20.0 Å². The molecule has 1 unspecified atom stereocenters. The summed E-state index contributed by atoms with van der Waals surface area (Å²) in [7, 11) is -1.74. The molecule has 2 N–H and O–H groups in total. The van der Waals surface area contributed by atoms with E-state index in [4.69, 9.17) is 9.16 Å². The Hall–Kier alpha value is -1.60. The normalized spacial score (nSPS) is 17.7. The number of nitrogens with one attached hydrogen (secondary N) is 2. The van der Waals surface area contributed by atoms with Crippen molar-refractivity contribution in [2.75, 3.05) is 23.8 Å². The second-order valence-electron chi connectivity index (χ2n) is 9.87. The fraction of sp³-hybridized carbons (Fsp3) is 0.700. The molecule has 1 aliphatic rings. The first-order valence-electron chi connectivity index (χ1n) is 9.63. The van der Waals surface area contributed by atoms with E-state index in [-0.39, 0.29) is 5.04 Å². The Bertz CT molecular complexity index is 678. The lowest BCUT2D eigenvalue weighted by Crippen LogP contribution is -2.43. The van der Waals surface area contributed by atoms with Crippen molar-refractivity contribution in [2.24, 2.45) is 5.92 Å². The van der Waals surface area contributed by atoms with E-state index in [2.05, 4.69) is 49.5 Å². The number of fused-ring (bicyclic) bond motifs is 1. The maximum atomic E-state index is 11.9. The van der Waals surface area contributed by atoms with Gasteiger partial charge in [0.25, 0.3) is 0 Å². The van der Waals surface area contributed by atoms with E-state index in [9.17, 15) is 4.79 Å². The molecule has 0 saturated carbocycles. The summed E-state index contributed by atoms with van der Waals surface area (Å²) in [6.07, 6.45) is 2.09. The molecule has 1 aromatic heterocycles. The van der Waals surface area contributed by atoms with Crippen molar-refractivity contribution >= 4 is 25.8 Å². The van der Waals surface area contributed by atoms with Crippen molar-refractivity contribution in [3.8, 4) is 0 Å². The lowest BCUT2D eigenvalue weighted by atomic mass is 9.99. The van der Waals surface area contributed by atoms with Gasteiger partial charge in [0.1, 0.15) is 5.60 Å². The zero-order valence-corrected chi connectivity index (χ0v) is 19.0. The quantitative estimate of drug-likeness (QED) is 0.702. The summed E-state index contributed by atoms with van der Waals surface area (Å²) in [5, 5.41) is 6.38. The van der Waals surface area contributed by atoms with Crippen LogP contribution in [0.2, 0.25) is 18.1 Å². The van der Waals surface area contributed by atoms with E-state index in [1.807, 2.05) is 26.8 Å². The average Bonchev–Trinajstić information content (AvgIpc) is 2.50. The van der Waals surface area contributed by atoms with Crippen LogP contribution in [0.25, 0.3) is 0 Å². The highest BCUT2D eigenvalue weighted by molar-refractivity contribution is 6.74. The standard InChI is InChI=1S/C20H35N3O3Si/c1-19(2,3)26-18(24)23-15-10-17-16(22-12-15)9-14(11-21-17)13-25-27(7,8)20(4,5)6/h10,12,14,21H,9,11,13H2,1-8H3,(H,23,24). The number of aromatic nitrogens is 1. The van der Waals surface area contributed by atoms with E-state index in [0.29, 0.717) is 11.6 Å². The number of hydrogen-bond donors (Lipinski definition) is 2. The third kappa shape index (κ3) is 6.21. The van der Waals surface area contributed by atoms with Gasteiger partial charge >= 0.3 is 6.09 Å². The summed E-state index contributed by atoms with van der Waals surface area (Å²) in [5.41, 5.74) is 2.08. The Morgan fingerprint density at radius 1 is 1.30 bits per heavy atom. The van der Waals surface area contributed by atoms with Crippen molar-refractivity contribution in [3.05, 3.63) is 18.0 Å². The predicted molar refractivity (Wildman–Crippen MR) is 113 cm³/mol. The molecule has 0 bridgehead atoms.